The zero-order valence-electron chi connectivity index (χ0n) is 27.5. The molecule has 0 aromatic rings. The maximum Gasteiger partial charge on any atom is 0.256 e. The van der Waals surface area contributed by atoms with Crippen LogP contribution in [-0.4, -0.2) is 171 Å². The zero-order valence-corrected chi connectivity index (χ0v) is 30.2. The van der Waals surface area contributed by atoms with Crippen LogP contribution >= 0.6 is 22.4 Å². The summed E-state index contributed by atoms with van der Waals surface area (Å²) < 4.78 is 94.4. The van der Waals surface area contributed by atoms with Gasteiger partial charge in [-0.3, -0.25) is 5.09 Å². The van der Waals surface area contributed by atoms with E-state index in [9.17, 15) is 27.9 Å². The molecular formula is C24H48B4FNO15P3-3. The standard InChI is InChI=1S/C10H19BFO7P.C7H16B2O4P.C7H15BNO4P/c1-16-6-7-8(19-20(2,14)15)10(12,9(11)18-7)17-5-3-4-13;1-11-4-6-5(3-7(8)12-6)13-14(2,9)10;1-12-4-6-5(3-7(8)13-6)9-14(2,10)11/h7-9,13H,3-6H2,1-2H3,(H,14,15);5-7H,3-4H2,1-2,9H3;5-7H,3-4H2,1-2H3,(H2,9,10,11)/q;-1;/p-2/t7-,8?,9-,10+;5?,6-,7-,14?;5?,6-,7-/m111/s1. The Labute approximate surface area is 287 Å². The van der Waals surface area contributed by atoms with Crippen LogP contribution in [-0.2, 0) is 55.9 Å². The second kappa shape index (κ2) is 21.2. The summed E-state index contributed by atoms with van der Waals surface area (Å²) in [7, 11) is 10.9. The van der Waals surface area contributed by atoms with Gasteiger partial charge in [-0.05, 0) is 32.6 Å². The summed E-state index contributed by atoms with van der Waals surface area (Å²) in [6.07, 6.45) is -1.94. The number of alkyl halides is 1. The monoisotopic (exact) mass is 746 g/mol. The molecule has 24 heteroatoms. The van der Waals surface area contributed by atoms with E-state index in [1.54, 1.807) is 13.8 Å². The molecule has 0 bridgehead atoms. The van der Waals surface area contributed by atoms with Gasteiger partial charge in [-0.25, -0.2) is 4.39 Å². The molecule has 3 saturated heterocycles. The smallest absolute Gasteiger partial charge is 0.256 e. The number of nitrogens with one attached hydrogen (secondary N) is 1. The Morgan fingerprint density at radius 3 is 1.92 bits per heavy atom. The number of halogens is 1. The molecule has 3 heterocycles. The summed E-state index contributed by atoms with van der Waals surface area (Å²) in [6.45, 7) is 3.97. The molecule has 0 aliphatic carbocycles. The van der Waals surface area contributed by atoms with E-state index in [1.807, 2.05) is 0 Å². The lowest BCUT2D eigenvalue weighted by molar-refractivity contribution is -0.230. The highest BCUT2D eigenvalue weighted by Gasteiger charge is 2.58. The molecule has 13 atom stereocenters. The second-order valence-electron chi connectivity index (χ2n) is 10.9. The Morgan fingerprint density at radius 1 is 0.896 bits per heavy atom. The quantitative estimate of drug-likeness (QED) is 0.0967. The van der Waals surface area contributed by atoms with E-state index in [4.69, 9.17) is 70.9 Å². The van der Waals surface area contributed by atoms with Gasteiger partial charge in [-0.1, -0.05) is 0 Å². The summed E-state index contributed by atoms with van der Waals surface area (Å²) in [5.74, 6) is -2.63. The number of ether oxygens (including phenoxy) is 7. The summed E-state index contributed by atoms with van der Waals surface area (Å²) in [4.78, 5) is 22.3. The van der Waals surface area contributed by atoms with Gasteiger partial charge in [0.2, 0.25) is 0 Å². The highest BCUT2D eigenvalue weighted by molar-refractivity contribution is 7.82. The normalized spacial score (nSPS) is 36.9. The first-order valence-electron chi connectivity index (χ1n) is 14.5. The minimum Gasteiger partial charge on any atom is -0.788 e. The molecule has 0 amide bonds. The van der Waals surface area contributed by atoms with Gasteiger partial charge in [0.25, 0.3) is 5.85 Å². The predicted molar refractivity (Wildman–Crippen MR) is 177 cm³/mol. The molecule has 3 rings (SSSR count). The van der Waals surface area contributed by atoms with Crippen molar-refractivity contribution < 1.29 is 75.2 Å². The minimum atomic E-state index is -4.23. The Balaban J connectivity index is 0.000000369. The van der Waals surface area contributed by atoms with Gasteiger partial charge in [-0.15, -0.1) is 0 Å². The SMILES string of the molecule is [B][C@@H]1O[C@H](COC)C(OP(C)(=O)[O-])[C@]1(F)OCCCO.[B][C@H]1CC(NP(C)(=O)[O-])[C@@H](COC)O1.[B][C@H]1CC(OP([BH3-])(C)=O)[C@@H](COC)O1. The Morgan fingerprint density at radius 2 is 1.42 bits per heavy atom. The maximum absolute atomic E-state index is 14.8. The Bertz CT molecular complexity index is 1030. The second-order valence-corrected chi connectivity index (χ2v) is 15.7. The lowest BCUT2D eigenvalue weighted by Gasteiger charge is -2.33. The Hall–Kier alpha value is 0.360. The van der Waals surface area contributed by atoms with Crippen LogP contribution in [0.15, 0.2) is 0 Å². The fourth-order valence-electron chi connectivity index (χ4n) is 4.76. The number of hydrogen-bond acceptors (Lipinski definition) is 15. The first kappa shape index (κ1) is 46.4. The molecule has 3 aliphatic rings. The van der Waals surface area contributed by atoms with Crippen LogP contribution in [0.4, 0.5) is 4.39 Å². The fourth-order valence-corrected chi connectivity index (χ4v) is 6.93. The number of rotatable bonds is 16. The van der Waals surface area contributed by atoms with E-state index in [1.165, 1.54) is 14.2 Å². The summed E-state index contributed by atoms with van der Waals surface area (Å²) in [5, 5.41) is 11.2. The largest absolute Gasteiger partial charge is 0.788 e. The third-order valence-corrected chi connectivity index (χ3v) is 8.53. The average molecular weight is 746 g/mol. The van der Waals surface area contributed by atoms with Gasteiger partial charge in [0, 0.05) is 59.9 Å². The van der Waals surface area contributed by atoms with Crippen molar-refractivity contribution in [1.29, 1.82) is 0 Å². The summed E-state index contributed by atoms with van der Waals surface area (Å²) >= 11 is 0. The molecule has 0 spiro atoms. The van der Waals surface area contributed by atoms with Crippen LogP contribution in [0.3, 0.4) is 0 Å². The van der Waals surface area contributed by atoms with Crippen molar-refractivity contribution in [3.05, 3.63) is 0 Å². The lowest BCUT2D eigenvalue weighted by Crippen LogP contribution is -2.49. The van der Waals surface area contributed by atoms with Gasteiger partial charge in [-0.2, -0.15) is 0 Å². The zero-order chi connectivity index (χ0) is 36.9. The van der Waals surface area contributed by atoms with Crippen LogP contribution in [0.1, 0.15) is 19.3 Å². The van der Waals surface area contributed by atoms with E-state index in [2.05, 4.69) is 5.09 Å². The molecule has 0 aromatic heterocycles. The van der Waals surface area contributed by atoms with Crippen LogP contribution in [0.2, 0.25) is 0 Å². The molecule has 6 unspecified atom stereocenters. The van der Waals surface area contributed by atoms with Crippen molar-refractivity contribution in [2.75, 3.05) is 74.4 Å². The highest BCUT2D eigenvalue weighted by Crippen LogP contribution is 2.45. The molecule has 276 valence electrons. The van der Waals surface area contributed by atoms with Crippen molar-refractivity contribution in [2.45, 2.75) is 79.7 Å². The molecular weight excluding hydrogens is 697 g/mol. The van der Waals surface area contributed by atoms with Gasteiger partial charge in [0.05, 0.1) is 59.7 Å². The van der Waals surface area contributed by atoms with E-state index >= 15 is 0 Å². The van der Waals surface area contributed by atoms with Crippen molar-refractivity contribution in [3.63, 3.8) is 0 Å². The molecule has 16 nitrogen and oxygen atoms in total. The van der Waals surface area contributed by atoms with E-state index in [0.717, 1.165) is 13.3 Å². The maximum atomic E-state index is 14.8. The first-order valence-corrected chi connectivity index (χ1v) is 20.2. The molecule has 0 aromatic carbocycles. The highest BCUT2D eigenvalue weighted by atomic mass is 31.2. The van der Waals surface area contributed by atoms with E-state index in [0.29, 0.717) is 26.1 Å². The number of methoxy groups -OCH3 is 3. The number of aliphatic hydroxyl groups excluding tert-OH is 1. The number of hydrogen-bond donors (Lipinski definition) is 2. The van der Waals surface area contributed by atoms with Crippen LogP contribution in [0.5, 0.6) is 0 Å². The number of aliphatic hydroxyl groups is 1. The van der Waals surface area contributed by atoms with Crippen molar-refractivity contribution in [3.8, 4) is 0 Å². The molecule has 3 fully saturated rings. The van der Waals surface area contributed by atoms with Crippen LogP contribution in [0.25, 0.3) is 0 Å². The first-order chi connectivity index (χ1) is 22.1. The lowest BCUT2D eigenvalue weighted by atomic mass is 9.90. The molecule has 48 heavy (non-hydrogen) atoms. The van der Waals surface area contributed by atoms with E-state index in [-0.39, 0.29) is 64.2 Å². The Kier molecular flexibility index (Phi) is 20.4. The third kappa shape index (κ3) is 17.3. The van der Waals surface area contributed by atoms with Crippen molar-refractivity contribution >= 4 is 53.5 Å². The van der Waals surface area contributed by atoms with Crippen molar-refractivity contribution in [2.24, 2.45) is 0 Å². The third-order valence-electron chi connectivity index (χ3n) is 6.56. The van der Waals surface area contributed by atoms with E-state index < -0.39 is 52.4 Å². The van der Waals surface area contributed by atoms with Crippen LogP contribution in [0, 0.1) is 0 Å². The van der Waals surface area contributed by atoms with Crippen LogP contribution < -0.4 is 14.9 Å². The topological polar surface area (TPSA) is 213 Å². The molecule has 2 N–H and O–H groups in total. The summed E-state index contributed by atoms with van der Waals surface area (Å²) in [5.41, 5.74) is 0. The van der Waals surface area contributed by atoms with Crippen molar-refractivity contribution in [1.82, 2.24) is 5.09 Å². The minimum absolute atomic E-state index is 0.104. The van der Waals surface area contributed by atoms with Gasteiger partial charge in [0.1, 0.15) is 43.3 Å². The predicted octanol–water partition coefficient (Wildman–Crippen LogP) is -2.29. The fraction of sp³-hybridized carbons (Fsp3) is 1.00. The molecule has 6 radical (unpaired) electrons. The summed E-state index contributed by atoms with van der Waals surface area (Å²) in [6, 6.07) is -2.53. The molecule has 3 aliphatic heterocycles. The average Bonchev–Trinajstić information content (AvgIpc) is 3.51. The molecule has 0 saturated carbocycles. The van der Waals surface area contributed by atoms with Gasteiger partial charge in [0.15, 0.2) is 6.10 Å². The van der Waals surface area contributed by atoms with Gasteiger partial charge >= 0.3 is 0 Å². The van der Waals surface area contributed by atoms with Gasteiger partial charge < -0.3 is 70.8 Å².